The molecule has 10 rings (SSSR count). The van der Waals surface area contributed by atoms with Crippen LogP contribution in [-0.2, 0) is 10.8 Å². The summed E-state index contributed by atoms with van der Waals surface area (Å²) >= 11 is 7.16. The third-order valence-electron chi connectivity index (χ3n) is 15.2. The first-order chi connectivity index (χ1) is 32.0. The van der Waals surface area contributed by atoms with Gasteiger partial charge in [0.1, 0.15) is 7.05 Å². The van der Waals surface area contributed by atoms with Crippen molar-refractivity contribution in [2.24, 2.45) is 0 Å². The van der Waals surface area contributed by atoms with Crippen molar-refractivity contribution >= 4 is 72.8 Å². The predicted octanol–water partition coefficient (Wildman–Crippen LogP) is 14.4. The van der Waals surface area contributed by atoms with Crippen molar-refractivity contribution < 1.29 is 4.58 Å². The van der Waals surface area contributed by atoms with Crippen molar-refractivity contribution in [1.29, 1.82) is 0 Å². The van der Waals surface area contributed by atoms with Gasteiger partial charge in [-0.05, 0) is 89.6 Å². The molecule has 4 heteroatoms. The summed E-state index contributed by atoms with van der Waals surface area (Å²) in [7, 11) is 4.38. The normalized spacial score (nSPS) is 17.8. The van der Waals surface area contributed by atoms with Gasteiger partial charge in [-0.1, -0.05) is 203 Å². The lowest BCUT2D eigenvalue weighted by molar-refractivity contribution is -0.401. The highest BCUT2D eigenvalue weighted by molar-refractivity contribution is 7.11. The Kier molecular flexibility index (Phi) is 12.7. The lowest BCUT2D eigenvalue weighted by Crippen LogP contribution is -2.66. The average Bonchev–Trinajstić information content (AvgIpc) is 3.68. The summed E-state index contributed by atoms with van der Waals surface area (Å²) in [5.74, 6) is 0. The van der Waals surface area contributed by atoms with Crippen LogP contribution in [0.2, 0.25) is 6.32 Å². The molecular formula is C62H64BClN2. The van der Waals surface area contributed by atoms with E-state index in [2.05, 4.69) is 246 Å². The second kappa shape index (κ2) is 18.6. The van der Waals surface area contributed by atoms with Crippen LogP contribution in [0.15, 0.2) is 210 Å². The Morgan fingerprint density at radius 2 is 1.14 bits per heavy atom. The maximum atomic E-state index is 7.16. The Bertz CT molecular complexity index is 2970. The van der Waals surface area contributed by atoms with E-state index in [9.17, 15) is 0 Å². The van der Waals surface area contributed by atoms with Gasteiger partial charge in [-0.2, -0.15) is 27.3 Å². The maximum Gasteiger partial charge on any atom is 0.210 e. The maximum absolute atomic E-state index is 7.16. The number of nitrogens with zero attached hydrogens (tertiary/aromatic N) is 2. The number of rotatable bonds is 9. The number of benzene rings is 7. The van der Waals surface area contributed by atoms with Crippen LogP contribution in [0.5, 0.6) is 0 Å². The lowest BCUT2D eigenvalue weighted by atomic mass is 9.14. The molecule has 332 valence electrons. The molecule has 66 heavy (non-hydrogen) atoms. The van der Waals surface area contributed by atoms with Crippen LogP contribution >= 0.6 is 11.6 Å². The zero-order valence-electron chi connectivity index (χ0n) is 40.0. The first kappa shape index (κ1) is 45.0. The topological polar surface area (TPSA) is 6.25 Å². The molecule has 2 nitrogen and oxygen atoms in total. The first-order valence-electron chi connectivity index (χ1n) is 24.2. The molecule has 7 aromatic rings. The van der Waals surface area contributed by atoms with Gasteiger partial charge in [0.15, 0.2) is 5.71 Å². The fourth-order valence-corrected chi connectivity index (χ4v) is 12.2. The van der Waals surface area contributed by atoms with Gasteiger partial charge in [-0.25, -0.2) is 0 Å². The van der Waals surface area contributed by atoms with Crippen LogP contribution in [-0.4, -0.2) is 30.5 Å². The van der Waals surface area contributed by atoms with Crippen molar-refractivity contribution in [3.05, 3.63) is 221 Å². The Morgan fingerprint density at radius 1 is 0.606 bits per heavy atom. The minimum atomic E-state index is -0.913. The van der Waals surface area contributed by atoms with Gasteiger partial charge in [0.25, 0.3) is 0 Å². The highest BCUT2D eigenvalue weighted by atomic mass is 35.5. The van der Waals surface area contributed by atoms with Gasteiger partial charge >= 0.3 is 0 Å². The Balaban J connectivity index is 0.000000201. The fourth-order valence-electron chi connectivity index (χ4n) is 11.9. The summed E-state index contributed by atoms with van der Waals surface area (Å²) in [5, 5.41) is 6.17. The zero-order valence-corrected chi connectivity index (χ0v) is 40.7. The number of unbranched alkanes of at least 4 members (excludes halogenated alkanes) is 1. The van der Waals surface area contributed by atoms with E-state index < -0.39 is 6.15 Å². The second-order valence-electron chi connectivity index (χ2n) is 19.8. The third kappa shape index (κ3) is 8.00. The molecule has 1 aliphatic carbocycles. The minimum absolute atomic E-state index is 0.107. The van der Waals surface area contributed by atoms with Crippen molar-refractivity contribution in [2.45, 2.75) is 83.9 Å². The zero-order chi connectivity index (χ0) is 46.1. The Labute approximate surface area is 399 Å². The SMILES string of the molecule is CCCC[B-](c1ccccc1)(c1ccccc1)c1ccccc1.CN1/C(=C/C=C2\CCCC(/C=C/C3=[N+](C)c4ccc5ccccc5c4C3(C)C)=C2Cl)C(C)(C)c2c1ccc1ccccc21. The summed E-state index contributed by atoms with van der Waals surface area (Å²) in [6.07, 6.45) is 15.0. The monoisotopic (exact) mass is 882 g/mol. The van der Waals surface area contributed by atoms with E-state index in [4.69, 9.17) is 11.6 Å². The molecule has 0 fully saturated rings. The second-order valence-corrected chi connectivity index (χ2v) is 20.2. The number of hydrogen-bond acceptors (Lipinski definition) is 1. The Morgan fingerprint density at radius 3 is 1.71 bits per heavy atom. The smallest absolute Gasteiger partial charge is 0.210 e. The van der Waals surface area contributed by atoms with Crippen molar-refractivity contribution in [3.8, 4) is 0 Å². The van der Waals surface area contributed by atoms with E-state index in [1.54, 1.807) is 0 Å². The van der Waals surface area contributed by atoms with E-state index in [1.807, 2.05) is 0 Å². The van der Waals surface area contributed by atoms with Gasteiger partial charge < -0.3 is 4.90 Å². The summed E-state index contributed by atoms with van der Waals surface area (Å²) in [6, 6.07) is 59.6. The molecule has 0 atom stereocenters. The van der Waals surface area contributed by atoms with Crippen molar-refractivity contribution in [1.82, 2.24) is 0 Å². The molecule has 2 heterocycles. The quantitative estimate of drug-likeness (QED) is 0.103. The van der Waals surface area contributed by atoms with Crippen LogP contribution in [0.3, 0.4) is 0 Å². The van der Waals surface area contributed by atoms with Crippen LogP contribution in [0.4, 0.5) is 11.4 Å². The molecule has 0 N–H and O–H groups in total. The van der Waals surface area contributed by atoms with E-state index in [0.717, 1.165) is 24.3 Å². The number of halogens is 1. The van der Waals surface area contributed by atoms with Gasteiger partial charge in [0.2, 0.25) is 5.69 Å². The lowest BCUT2D eigenvalue weighted by Gasteiger charge is -2.43. The molecule has 0 saturated heterocycles. The minimum Gasteiger partial charge on any atom is -0.347 e. The molecule has 0 saturated carbocycles. The van der Waals surface area contributed by atoms with E-state index in [0.29, 0.717) is 0 Å². The molecule has 0 radical (unpaired) electrons. The number of likely N-dealkylation sites (N-methyl/N-ethyl adjacent to an activating group) is 1. The molecule has 0 spiro atoms. The molecule has 0 aromatic heterocycles. The molecule has 2 aliphatic heterocycles. The van der Waals surface area contributed by atoms with Gasteiger partial charge in [-0.3, -0.25) is 0 Å². The van der Waals surface area contributed by atoms with Crippen molar-refractivity contribution in [2.75, 3.05) is 19.0 Å². The summed E-state index contributed by atoms with van der Waals surface area (Å²) in [5.41, 5.74) is 14.5. The van der Waals surface area contributed by atoms with E-state index >= 15 is 0 Å². The highest BCUT2D eigenvalue weighted by Gasteiger charge is 2.44. The van der Waals surface area contributed by atoms with Gasteiger partial charge in [-0.15, -0.1) is 0 Å². The Hall–Kier alpha value is -6.16. The summed E-state index contributed by atoms with van der Waals surface area (Å²) in [4.78, 5) is 2.36. The largest absolute Gasteiger partial charge is 0.347 e. The fraction of sp³-hybridized carbons (Fsp3) is 0.242. The van der Waals surface area contributed by atoms with Crippen LogP contribution in [0.1, 0.15) is 77.8 Å². The van der Waals surface area contributed by atoms with Crippen LogP contribution in [0.25, 0.3) is 21.5 Å². The first-order valence-corrected chi connectivity index (χ1v) is 24.6. The molecule has 3 aliphatic rings. The summed E-state index contributed by atoms with van der Waals surface area (Å²) < 4.78 is 2.36. The number of allylic oxidation sites excluding steroid dienone is 8. The third-order valence-corrected chi connectivity index (χ3v) is 15.7. The van der Waals surface area contributed by atoms with Gasteiger partial charge in [0.05, 0.1) is 11.6 Å². The molecule has 7 aromatic carbocycles. The molecular weight excluding hydrogens is 819 g/mol. The molecule has 0 bridgehead atoms. The predicted molar refractivity (Wildman–Crippen MR) is 289 cm³/mol. The van der Waals surface area contributed by atoms with E-state index in [1.165, 1.54) is 102 Å². The molecule has 0 amide bonds. The summed E-state index contributed by atoms with van der Waals surface area (Å²) in [6.45, 7) is 11.7. The standard InChI is InChI=1S/C40H40ClN2.C22H24B/c1-39(2)34(42(5)32-22-18-26-12-7-9-16-30(26)36(32)39)24-20-28-14-11-15-29(38(28)41)21-25-35-40(3,4)37-31-17-10-8-13-27(31)19-23-33(37)43(35)6;1-2-3-19-23(20-13-7-4-8-14-20,21-15-9-5-10-16-21)22-17-11-6-12-18-22/h7-10,12-13,16-25H,11,14-15H2,1-6H3;4-18H,2-3,19H2,1H3/q+1;-1. The van der Waals surface area contributed by atoms with Crippen molar-refractivity contribution in [3.63, 3.8) is 0 Å². The highest BCUT2D eigenvalue weighted by Crippen LogP contribution is 2.50. The van der Waals surface area contributed by atoms with Crippen LogP contribution in [0, 0.1) is 0 Å². The number of anilines is 1. The van der Waals surface area contributed by atoms with Crippen LogP contribution < -0.4 is 21.3 Å². The van der Waals surface area contributed by atoms with E-state index in [-0.39, 0.29) is 10.8 Å². The number of hydrogen-bond donors (Lipinski definition) is 0. The number of fused-ring (bicyclic) bond motifs is 6. The molecule has 0 unspecified atom stereocenters. The average molecular weight is 883 g/mol. The van der Waals surface area contributed by atoms with Gasteiger partial charge in [0, 0.05) is 46.6 Å².